The molecule has 0 N–H and O–H groups in total. The van der Waals surface area contributed by atoms with E-state index in [2.05, 4.69) is 9.98 Å². The average molecular weight is 202 g/mol. The molecule has 1 aromatic rings. The fourth-order valence-electron chi connectivity index (χ4n) is 1.22. The zero-order chi connectivity index (χ0) is 10.7. The maximum absolute atomic E-state index is 11.3. The summed E-state index contributed by atoms with van der Waals surface area (Å²) < 4.78 is 4.92. The smallest absolute Gasteiger partial charge is 0.363 e. The predicted molar refractivity (Wildman–Crippen MR) is 56.0 cm³/mol. The molecule has 15 heavy (non-hydrogen) atoms. The molecule has 0 aromatic carbocycles. The molecular weight excluding hydrogens is 192 g/mol. The number of hydrogen-bond acceptors (Lipinski definition) is 4. The van der Waals surface area contributed by atoms with Crippen molar-refractivity contribution in [3.63, 3.8) is 0 Å². The molecule has 4 nitrogen and oxygen atoms in total. The molecule has 0 fully saturated rings. The van der Waals surface area contributed by atoms with Crippen LogP contribution in [0.4, 0.5) is 0 Å². The van der Waals surface area contributed by atoms with Crippen molar-refractivity contribution in [1.29, 1.82) is 0 Å². The minimum Gasteiger partial charge on any atom is -0.407 e. The van der Waals surface area contributed by atoms with E-state index in [-0.39, 0.29) is 5.97 Å². The van der Waals surface area contributed by atoms with Crippen molar-refractivity contribution in [2.24, 2.45) is 4.99 Å². The van der Waals surface area contributed by atoms with E-state index in [1.54, 1.807) is 30.6 Å². The maximum atomic E-state index is 11.3. The Morgan fingerprint density at radius 2 is 2.13 bits per heavy atom. The fourth-order valence-corrected chi connectivity index (χ4v) is 1.22. The number of ether oxygens (including phenoxy) is 1. The second kappa shape index (κ2) is 4.04. The summed E-state index contributed by atoms with van der Waals surface area (Å²) in [4.78, 5) is 19.3. The zero-order valence-electron chi connectivity index (χ0n) is 8.30. The first-order valence-electron chi connectivity index (χ1n) is 4.71. The minimum atomic E-state index is -0.385. The van der Waals surface area contributed by atoms with E-state index in [0.29, 0.717) is 18.0 Å². The van der Waals surface area contributed by atoms with Crippen LogP contribution in [0.15, 0.2) is 35.2 Å². The van der Waals surface area contributed by atoms with Gasteiger partial charge in [0.05, 0.1) is 0 Å². The van der Waals surface area contributed by atoms with Gasteiger partial charge < -0.3 is 4.74 Å². The Hall–Kier alpha value is -1.97. The van der Waals surface area contributed by atoms with Crippen molar-refractivity contribution < 1.29 is 9.53 Å². The van der Waals surface area contributed by atoms with Crippen LogP contribution < -0.4 is 0 Å². The molecule has 0 bridgehead atoms. The van der Waals surface area contributed by atoms with Gasteiger partial charge >= 0.3 is 5.97 Å². The lowest BCUT2D eigenvalue weighted by Crippen LogP contribution is -2.02. The molecule has 4 heteroatoms. The molecular formula is C11H10N2O2. The minimum absolute atomic E-state index is 0.345. The molecule has 2 heterocycles. The summed E-state index contributed by atoms with van der Waals surface area (Å²) in [5.41, 5.74) is 1.23. The zero-order valence-corrected chi connectivity index (χ0v) is 8.30. The van der Waals surface area contributed by atoms with Gasteiger partial charge in [-0.1, -0.05) is 6.92 Å². The average Bonchev–Trinajstić information content (AvgIpc) is 2.61. The summed E-state index contributed by atoms with van der Waals surface area (Å²) in [6.07, 6.45) is 5.64. The Bertz CT molecular complexity index is 435. The number of rotatable bonds is 2. The van der Waals surface area contributed by atoms with Crippen LogP contribution in [-0.4, -0.2) is 16.9 Å². The highest BCUT2D eigenvalue weighted by atomic mass is 16.6. The fraction of sp³-hybridized carbons (Fsp3) is 0.182. The molecule has 1 aromatic heterocycles. The molecule has 1 aliphatic rings. The van der Waals surface area contributed by atoms with Crippen LogP contribution in [0, 0.1) is 0 Å². The van der Waals surface area contributed by atoms with Crippen LogP contribution in [0.2, 0.25) is 0 Å². The lowest BCUT2D eigenvalue weighted by molar-refractivity contribution is -0.130. The highest BCUT2D eigenvalue weighted by Gasteiger charge is 2.20. The number of aromatic nitrogens is 1. The monoisotopic (exact) mass is 202 g/mol. The highest BCUT2D eigenvalue weighted by Crippen LogP contribution is 2.15. The summed E-state index contributed by atoms with van der Waals surface area (Å²) >= 11 is 0. The van der Waals surface area contributed by atoms with E-state index in [1.807, 2.05) is 6.92 Å². The third kappa shape index (κ3) is 2.10. The number of esters is 1. The lowest BCUT2D eigenvalue weighted by atomic mass is 10.2. The summed E-state index contributed by atoms with van der Waals surface area (Å²) in [6, 6.07) is 3.61. The Kier molecular flexibility index (Phi) is 2.58. The molecule has 0 saturated heterocycles. The largest absolute Gasteiger partial charge is 0.407 e. The standard InChI is InChI=1S/C11H10N2O2/c1-2-10-13-9(11(14)15-10)7-8-3-5-12-6-4-8/h3-7H,2H2,1H3/b9-7+. The van der Waals surface area contributed by atoms with E-state index < -0.39 is 0 Å². The summed E-state index contributed by atoms with van der Waals surface area (Å²) in [6.45, 7) is 1.89. The van der Waals surface area contributed by atoms with Crippen LogP contribution >= 0.6 is 0 Å². The Labute approximate surface area is 87.3 Å². The van der Waals surface area contributed by atoms with Gasteiger partial charge in [0.2, 0.25) is 0 Å². The van der Waals surface area contributed by atoms with Crippen LogP contribution in [0.5, 0.6) is 0 Å². The first kappa shape index (κ1) is 9.58. The second-order valence-corrected chi connectivity index (χ2v) is 3.06. The third-order valence-electron chi connectivity index (χ3n) is 1.98. The van der Waals surface area contributed by atoms with Gasteiger partial charge in [-0.25, -0.2) is 9.79 Å². The van der Waals surface area contributed by atoms with Gasteiger partial charge in [0.25, 0.3) is 0 Å². The van der Waals surface area contributed by atoms with Crippen molar-refractivity contribution in [2.45, 2.75) is 13.3 Å². The Morgan fingerprint density at radius 3 is 2.73 bits per heavy atom. The second-order valence-electron chi connectivity index (χ2n) is 3.06. The van der Waals surface area contributed by atoms with Gasteiger partial charge in [0, 0.05) is 18.8 Å². The predicted octanol–water partition coefficient (Wildman–Crippen LogP) is 1.79. The van der Waals surface area contributed by atoms with Crippen molar-refractivity contribution in [2.75, 3.05) is 0 Å². The molecule has 0 radical (unpaired) electrons. The molecule has 2 rings (SSSR count). The molecule has 0 aliphatic carbocycles. The van der Waals surface area contributed by atoms with Gasteiger partial charge in [-0.15, -0.1) is 0 Å². The van der Waals surface area contributed by atoms with E-state index in [0.717, 1.165) is 5.56 Å². The quantitative estimate of drug-likeness (QED) is 0.542. The first-order valence-corrected chi connectivity index (χ1v) is 4.71. The SMILES string of the molecule is CCC1=N/C(=C/c2ccncc2)C(=O)O1. The number of cyclic esters (lactones) is 1. The molecule has 1 aliphatic heterocycles. The van der Waals surface area contributed by atoms with Gasteiger partial charge in [-0.2, -0.15) is 0 Å². The van der Waals surface area contributed by atoms with Crippen molar-refractivity contribution in [3.8, 4) is 0 Å². The van der Waals surface area contributed by atoms with Gasteiger partial charge in [0.15, 0.2) is 11.6 Å². The van der Waals surface area contributed by atoms with E-state index in [4.69, 9.17) is 4.74 Å². The number of pyridine rings is 1. The molecule has 0 amide bonds. The first-order chi connectivity index (χ1) is 7.29. The normalized spacial score (nSPS) is 17.8. The molecule has 76 valence electrons. The molecule has 0 atom stereocenters. The number of nitrogens with zero attached hydrogens (tertiary/aromatic N) is 2. The lowest BCUT2D eigenvalue weighted by Gasteiger charge is -1.92. The highest BCUT2D eigenvalue weighted by molar-refractivity contribution is 6.07. The summed E-state index contributed by atoms with van der Waals surface area (Å²) in [5, 5.41) is 0. The number of hydrogen-bond donors (Lipinski definition) is 0. The molecule has 0 spiro atoms. The number of carbonyl (C=O) groups is 1. The van der Waals surface area contributed by atoms with Crippen LogP contribution in [0.1, 0.15) is 18.9 Å². The van der Waals surface area contributed by atoms with E-state index in [1.165, 1.54) is 0 Å². The van der Waals surface area contributed by atoms with Crippen molar-refractivity contribution in [3.05, 3.63) is 35.8 Å². The van der Waals surface area contributed by atoms with E-state index in [9.17, 15) is 4.79 Å². The van der Waals surface area contributed by atoms with Gasteiger partial charge in [-0.05, 0) is 23.8 Å². The molecule has 0 unspecified atom stereocenters. The Balaban J connectivity index is 2.28. The van der Waals surface area contributed by atoms with Crippen molar-refractivity contribution >= 4 is 17.9 Å². The third-order valence-corrected chi connectivity index (χ3v) is 1.98. The van der Waals surface area contributed by atoms with Gasteiger partial charge in [0.1, 0.15) is 0 Å². The topological polar surface area (TPSA) is 51.5 Å². The van der Waals surface area contributed by atoms with Crippen LogP contribution in [0.3, 0.4) is 0 Å². The van der Waals surface area contributed by atoms with Crippen molar-refractivity contribution in [1.82, 2.24) is 4.98 Å². The summed E-state index contributed by atoms with van der Waals surface area (Å²) in [5.74, 6) is 0.0870. The van der Waals surface area contributed by atoms with Crippen LogP contribution in [-0.2, 0) is 9.53 Å². The van der Waals surface area contributed by atoms with Crippen LogP contribution in [0.25, 0.3) is 6.08 Å². The molecule has 0 saturated carbocycles. The number of carbonyl (C=O) groups excluding carboxylic acids is 1. The maximum Gasteiger partial charge on any atom is 0.363 e. The Morgan fingerprint density at radius 1 is 1.40 bits per heavy atom. The van der Waals surface area contributed by atoms with Gasteiger partial charge in [-0.3, -0.25) is 4.98 Å². The number of aliphatic imine (C=N–C) groups is 1. The summed E-state index contributed by atoms with van der Waals surface area (Å²) in [7, 11) is 0. The van der Waals surface area contributed by atoms with E-state index >= 15 is 0 Å².